The molecular formula is C12H18FNO2. The van der Waals surface area contributed by atoms with E-state index in [9.17, 15) is 9.50 Å². The summed E-state index contributed by atoms with van der Waals surface area (Å²) >= 11 is 0. The van der Waals surface area contributed by atoms with E-state index in [1.165, 1.54) is 12.1 Å². The van der Waals surface area contributed by atoms with Gasteiger partial charge >= 0.3 is 0 Å². The summed E-state index contributed by atoms with van der Waals surface area (Å²) in [5.41, 5.74) is -0.0349. The summed E-state index contributed by atoms with van der Waals surface area (Å²) in [6, 6.07) is 4.38. The number of methoxy groups -OCH3 is 1. The Morgan fingerprint density at radius 2 is 2.12 bits per heavy atom. The molecule has 1 aromatic rings. The van der Waals surface area contributed by atoms with Crippen LogP contribution in [0.5, 0.6) is 5.75 Å². The molecule has 2 N–H and O–H groups in total. The lowest BCUT2D eigenvalue weighted by molar-refractivity contribution is 0.0794. The summed E-state index contributed by atoms with van der Waals surface area (Å²) < 4.78 is 18.1. The minimum Gasteiger partial charge on any atom is -0.496 e. The van der Waals surface area contributed by atoms with Gasteiger partial charge in [-0.05, 0) is 32.0 Å². The summed E-state index contributed by atoms with van der Waals surface area (Å²) in [6.07, 6.45) is 0. The van der Waals surface area contributed by atoms with Crippen molar-refractivity contribution in [1.29, 1.82) is 0 Å². The van der Waals surface area contributed by atoms with E-state index in [4.69, 9.17) is 4.74 Å². The molecule has 0 amide bonds. The highest BCUT2D eigenvalue weighted by atomic mass is 19.1. The second kappa shape index (κ2) is 5.27. The van der Waals surface area contributed by atoms with Crippen molar-refractivity contribution in [3.8, 4) is 5.75 Å². The molecule has 0 bridgehead atoms. The van der Waals surface area contributed by atoms with Gasteiger partial charge in [-0.15, -0.1) is 0 Å². The standard InChI is InChI=1S/C12H18FNO2/c1-12(2,15)8-14-7-9-6-10(13)4-5-11(9)16-3/h4-6,14-15H,7-8H2,1-3H3. The maximum Gasteiger partial charge on any atom is 0.123 e. The Bertz CT molecular complexity index is 347. The third-order valence-electron chi connectivity index (χ3n) is 2.12. The Hall–Kier alpha value is -1.13. The van der Waals surface area contributed by atoms with E-state index in [0.29, 0.717) is 18.8 Å². The molecule has 0 aliphatic rings. The molecule has 16 heavy (non-hydrogen) atoms. The van der Waals surface area contributed by atoms with Gasteiger partial charge in [0, 0.05) is 18.7 Å². The molecule has 3 nitrogen and oxygen atoms in total. The minimum absolute atomic E-state index is 0.291. The first-order chi connectivity index (χ1) is 7.42. The lowest BCUT2D eigenvalue weighted by Gasteiger charge is -2.18. The number of rotatable bonds is 5. The lowest BCUT2D eigenvalue weighted by Crippen LogP contribution is -2.34. The van der Waals surface area contributed by atoms with Gasteiger partial charge in [-0.3, -0.25) is 0 Å². The van der Waals surface area contributed by atoms with Gasteiger partial charge in [-0.2, -0.15) is 0 Å². The van der Waals surface area contributed by atoms with E-state index >= 15 is 0 Å². The molecule has 0 heterocycles. The quantitative estimate of drug-likeness (QED) is 0.804. The largest absolute Gasteiger partial charge is 0.496 e. The molecular weight excluding hydrogens is 209 g/mol. The molecule has 0 aliphatic carbocycles. The fraction of sp³-hybridized carbons (Fsp3) is 0.500. The Morgan fingerprint density at radius 3 is 2.69 bits per heavy atom. The van der Waals surface area contributed by atoms with Gasteiger partial charge in [0.25, 0.3) is 0 Å². The van der Waals surface area contributed by atoms with Crippen molar-refractivity contribution >= 4 is 0 Å². The fourth-order valence-electron chi connectivity index (χ4n) is 1.39. The van der Waals surface area contributed by atoms with Gasteiger partial charge in [0.15, 0.2) is 0 Å². The zero-order valence-electron chi connectivity index (χ0n) is 9.88. The lowest BCUT2D eigenvalue weighted by atomic mass is 10.1. The molecule has 90 valence electrons. The molecule has 0 radical (unpaired) electrons. The minimum atomic E-state index is -0.777. The van der Waals surface area contributed by atoms with Gasteiger partial charge in [-0.25, -0.2) is 4.39 Å². The predicted molar refractivity (Wildman–Crippen MR) is 61.0 cm³/mol. The molecule has 0 aliphatic heterocycles. The highest BCUT2D eigenvalue weighted by molar-refractivity contribution is 5.33. The van der Waals surface area contributed by atoms with Crippen molar-refractivity contribution in [1.82, 2.24) is 5.32 Å². The number of hydrogen-bond donors (Lipinski definition) is 2. The first-order valence-corrected chi connectivity index (χ1v) is 5.18. The van der Waals surface area contributed by atoms with Crippen molar-refractivity contribution in [3.63, 3.8) is 0 Å². The molecule has 4 heteroatoms. The Balaban J connectivity index is 2.62. The highest BCUT2D eigenvalue weighted by Gasteiger charge is 2.12. The summed E-state index contributed by atoms with van der Waals surface area (Å²) in [5.74, 6) is 0.352. The van der Waals surface area contributed by atoms with E-state index in [1.54, 1.807) is 27.0 Å². The second-order valence-corrected chi connectivity index (χ2v) is 4.37. The average Bonchev–Trinajstić information content (AvgIpc) is 2.16. The number of benzene rings is 1. The van der Waals surface area contributed by atoms with E-state index in [0.717, 1.165) is 5.56 Å². The van der Waals surface area contributed by atoms with Crippen LogP contribution in [-0.4, -0.2) is 24.4 Å². The molecule has 0 fully saturated rings. The molecule has 0 spiro atoms. The van der Waals surface area contributed by atoms with Gasteiger partial charge in [-0.1, -0.05) is 0 Å². The van der Waals surface area contributed by atoms with Crippen LogP contribution in [0, 0.1) is 5.82 Å². The fourth-order valence-corrected chi connectivity index (χ4v) is 1.39. The van der Waals surface area contributed by atoms with Crippen LogP contribution >= 0.6 is 0 Å². The number of nitrogens with one attached hydrogen (secondary N) is 1. The second-order valence-electron chi connectivity index (χ2n) is 4.37. The van der Waals surface area contributed by atoms with Crippen LogP contribution in [0.15, 0.2) is 18.2 Å². The maximum absolute atomic E-state index is 13.0. The van der Waals surface area contributed by atoms with Crippen molar-refractivity contribution in [2.24, 2.45) is 0 Å². The van der Waals surface area contributed by atoms with Crippen molar-refractivity contribution < 1.29 is 14.2 Å². The topological polar surface area (TPSA) is 41.5 Å². The van der Waals surface area contributed by atoms with Gasteiger partial charge in [0.1, 0.15) is 11.6 Å². The normalized spacial score (nSPS) is 11.6. The van der Waals surface area contributed by atoms with Crippen LogP contribution in [0.1, 0.15) is 19.4 Å². The highest BCUT2D eigenvalue weighted by Crippen LogP contribution is 2.19. The van der Waals surface area contributed by atoms with Crippen LogP contribution in [0.3, 0.4) is 0 Å². The number of aliphatic hydroxyl groups is 1. The Morgan fingerprint density at radius 1 is 1.44 bits per heavy atom. The van der Waals surface area contributed by atoms with Gasteiger partial charge < -0.3 is 15.2 Å². The zero-order chi connectivity index (χ0) is 12.2. The summed E-state index contributed by atoms with van der Waals surface area (Å²) in [4.78, 5) is 0. The first-order valence-electron chi connectivity index (χ1n) is 5.18. The molecule has 1 rings (SSSR count). The van der Waals surface area contributed by atoms with Crippen molar-refractivity contribution in [2.45, 2.75) is 26.0 Å². The molecule has 0 unspecified atom stereocenters. The summed E-state index contributed by atoms with van der Waals surface area (Å²) in [7, 11) is 1.55. The summed E-state index contributed by atoms with van der Waals surface area (Å²) in [6.45, 7) is 4.32. The zero-order valence-corrected chi connectivity index (χ0v) is 9.88. The van der Waals surface area contributed by atoms with Crippen LogP contribution in [0.4, 0.5) is 4.39 Å². The van der Waals surface area contributed by atoms with E-state index < -0.39 is 5.60 Å². The van der Waals surface area contributed by atoms with Crippen molar-refractivity contribution in [2.75, 3.05) is 13.7 Å². The smallest absolute Gasteiger partial charge is 0.123 e. The third-order valence-corrected chi connectivity index (χ3v) is 2.12. The molecule has 1 aromatic carbocycles. The molecule has 0 aromatic heterocycles. The first kappa shape index (κ1) is 12.9. The third kappa shape index (κ3) is 4.16. The Labute approximate surface area is 95.2 Å². The van der Waals surface area contributed by atoms with Crippen LogP contribution in [0.2, 0.25) is 0 Å². The monoisotopic (exact) mass is 227 g/mol. The van der Waals surface area contributed by atoms with E-state index in [1.807, 2.05) is 0 Å². The van der Waals surface area contributed by atoms with Gasteiger partial charge in [0.05, 0.1) is 12.7 Å². The van der Waals surface area contributed by atoms with Crippen molar-refractivity contribution in [3.05, 3.63) is 29.6 Å². The SMILES string of the molecule is COc1ccc(F)cc1CNCC(C)(C)O. The predicted octanol–water partition coefficient (Wildman–Crippen LogP) is 1.69. The Kier molecular flexibility index (Phi) is 4.26. The number of hydrogen-bond acceptors (Lipinski definition) is 3. The van der Waals surface area contributed by atoms with Crippen LogP contribution in [0.25, 0.3) is 0 Å². The average molecular weight is 227 g/mol. The molecule has 0 atom stereocenters. The van der Waals surface area contributed by atoms with Crippen LogP contribution < -0.4 is 10.1 Å². The number of ether oxygens (including phenoxy) is 1. The molecule has 0 saturated heterocycles. The van der Waals surface area contributed by atoms with Gasteiger partial charge in [0.2, 0.25) is 0 Å². The molecule has 0 saturated carbocycles. The van der Waals surface area contributed by atoms with E-state index in [-0.39, 0.29) is 5.82 Å². The number of halogens is 1. The summed E-state index contributed by atoms with van der Waals surface area (Å²) in [5, 5.41) is 12.6. The van der Waals surface area contributed by atoms with Crippen LogP contribution in [-0.2, 0) is 6.54 Å². The van der Waals surface area contributed by atoms with E-state index in [2.05, 4.69) is 5.32 Å². The maximum atomic E-state index is 13.0.